The quantitative estimate of drug-likeness (QED) is 0.717. The van der Waals surface area contributed by atoms with E-state index in [1.54, 1.807) is 6.08 Å². The van der Waals surface area contributed by atoms with Crippen LogP contribution in [0, 0.1) is 28.6 Å². The lowest BCUT2D eigenvalue weighted by Gasteiger charge is -2.59. The van der Waals surface area contributed by atoms with Crippen molar-refractivity contribution in [3.05, 3.63) is 11.6 Å². The number of ketones is 2. The van der Waals surface area contributed by atoms with Crippen LogP contribution in [-0.2, 0) is 9.59 Å². The fourth-order valence-corrected chi connectivity index (χ4v) is 6.34. The second-order valence-electron chi connectivity index (χ2n) is 8.63. The predicted octanol–water partition coefficient (Wildman–Crippen LogP) is 2.03. The molecule has 4 rings (SSSR count). The van der Waals surface area contributed by atoms with Crippen molar-refractivity contribution in [2.24, 2.45) is 28.6 Å². The van der Waals surface area contributed by atoms with E-state index in [2.05, 4.69) is 13.8 Å². The number of aliphatic hydroxyl groups is 2. The maximum atomic E-state index is 12.4. The Morgan fingerprint density at radius 3 is 2.43 bits per heavy atom. The number of carbonyl (C=O) groups excluding carboxylic acids is 2. The van der Waals surface area contributed by atoms with Gasteiger partial charge in [-0.15, -0.1) is 0 Å². The molecule has 0 aromatic rings. The Morgan fingerprint density at radius 1 is 1.00 bits per heavy atom. The Labute approximate surface area is 137 Å². The Morgan fingerprint density at radius 2 is 1.70 bits per heavy atom. The Kier molecular flexibility index (Phi) is 3.21. The van der Waals surface area contributed by atoms with E-state index in [0.29, 0.717) is 18.6 Å². The molecule has 7 atom stereocenters. The number of Topliss-reactive ketones (excluding diaryl/α,β-unsaturated/α-hetero) is 1. The van der Waals surface area contributed by atoms with Gasteiger partial charge >= 0.3 is 0 Å². The summed E-state index contributed by atoms with van der Waals surface area (Å²) in [5.41, 5.74) is 0.184. The molecule has 0 amide bonds. The Hall–Kier alpha value is -1.00. The van der Waals surface area contributed by atoms with Crippen molar-refractivity contribution in [2.45, 2.75) is 64.6 Å². The van der Waals surface area contributed by atoms with Crippen molar-refractivity contribution in [1.82, 2.24) is 0 Å². The summed E-state index contributed by atoms with van der Waals surface area (Å²) in [6, 6.07) is 0. The van der Waals surface area contributed by atoms with Crippen LogP contribution in [0.15, 0.2) is 11.6 Å². The van der Waals surface area contributed by atoms with Crippen molar-refractivity contribution < 1.29 is 19.8 Å². The van der Waals surface area contributed by atoms with Gasteiger partial charge in [-0.3, -0.25) is 9.59 Å². The minimum absolute atomic E-state index is 0.0365. The van der Waals surface area contributed by atoms with Crippen molar-refractivity contribution in [2.75, 3.05) is 0 Å². The summed E-state index contributed by atoms with van der Waals surface area (Å²) in [6.45, 7) is 4.21. The summed E-state index contributed by atoms with van der Waals surface area (Å²) in [5, 5.41) is 21.6. The van der Waals surface area contributed by atoms with Crippen molar-refractivity contribution in [1.29, 1.82) is 0 Å². The molecule has 4 nitrogen and oxygen atoms in total. The molecule has 4 heteroatoms. The monoisotopic (exact) mass is 318 g/mol. The molecule has 0 aromatic carbocycles. The first-order chi connectivity index (χ1) is 10.8. The van der Waals surface area contributed by atoms with E-state index in [-0.39, 0.29) is 34.4 Å². The maximum absolute atomic E-state index is 12.4. The van der Waals surface area contributed by atoms with Gasteiger partial charge in [0.25, 0.3) is 0 Å². The van der Waals surface area contributed by atoms with Crippen LogP contribution in [0.5, 0.6) is 0 Å². The van der Waals surface area contributed by atoms with Crippen molar-refractivity contribution >= 4 is 11.6 Å². The van der Waals surface area contributed by atoms with Gasteiger partial charge in [-0.05, 0) is 60.5 Å². The van der Waals surface area contributed by atoms with Gasteiger partial charge in [0.2, 0.25) is 0 Å². The first-order valence-electron chi connectivity index (χ1n) is 8.93. The zero-order chi connectivity index (χ0) is 16.6. The van der Waals surface area contributed by atoms with Crippen LogP contribution < -0.4 is 0 Å². The average molecular weight is 318 g/mol. The first-order valence-corrected chi connectivity index (χ1v) is 8.93. The van der Waals surface area contributed by atoms with Gasteiger partial charge in [0, 0.05) is 18.3 Å². The van der Waals surface area contributed by atoms with E-state index in [4.69, 9.17) is 0 Å². The van der Waals surface area contributed by atoms with E-state index >= 15 is 0 Å². The normalized spacial score (nSPS) is 52.5. The molecule has 0 aliphatic heterocycles. The van der Waals surface area contributed by atoms with Gasteiger partial charge in [-0.25, -0.2) is 0 Å². The SMILES string of the molecule is C[C@]12CCC(=O)C=C1[C@H](O)[C@H](O)[C@@H]1[C@@H]2CC[C@]2(C)C(=O)CC[C@@H]12. The molecule has 0 radical (unpaired) electrons. The summed E-state index contributed by atoms with van der Waals surface area (Å²) in [5.74, 6) is 0.760. The summed E-state index contributed by atoms with van der Waals surface area (Å²) < 4.78 is 0. The lowest BCUT2D eigenvalue weighted by molar-refractivity contribution is -0.154. The summed E-state index contributed by atoms with van der Waals surface area (Å²) in [4.78, 5) is 24.2. The largest absolute Gasteiger partial charge is 0.390 e. The van der Waals surface area contributed by atoms with E-state index in [9.17, 15) is 19.8 Å². The number of fused-ring (bicyclic) bond motifs is 5. The molecule has 4 aliphatic carbocycles. The maximum Gasteiger partial charge on any atom is 0.155 e. The molecular formula is C19H26O4. The highest BCUT2D eigenvalue weighted by molar-refractivity contribution is 5.92. The number of rotatable bonds is 0. The van der Waals surface area contributed by atoms with E-state index < -0.39 is 12.2 Å². The van der Waals surface area contributed by atoms with Gasteiger partial charge in [-0.2, -0.15) is 0 Å². The third-order valence-electron chi connectivity index (χ3n) is 7.76. The van der Waals surface area contributed by atoms with Crippen LogP contribution in [0.4, 0.5) is 0 Å². The molecule has 0 bridgehead atoms. The van der Waals surface area contributed by atoms with Crippen LogP contribution in [0.3, 0.4) is 0 Å². The van der Waals surface area contributed by atoms with Crippen LogP contribution in [0.1, 0.15) is 52.4 Å². The van der Waals surface area contributed by atoms with Crippen LogP contribution >= 0.6 is 0 Å². The molecule has 2 N–H and O–H groups in total. The molecule has 0 spiro atoms. The second-order valence-corrected chi connectivity index (χ2v) is 8.63. The predicted molar refractivity (Wildman–Crippen MR) is 84.5 cm³/mol. The summed E-state index contributed by atoms with van der Waals surface area (Å²) in [6.07, 6.45) is 4.23. The van der Waals surface area contributed by atoms with Gasteiger partial charge in [0.05, 0.1) is 6.10 Å². The lowest BCUT2D eigenvalue weighted by Crippen LogP contribution is -2.60. The molecule has 4 aliphatic rings. The highest BCUT2D eigenvalue weighted by Crippen LogP contribution is 2.64. The third-order valence-corrected chi connectivity index (χ3v) is 7.76. The van der Waals surface area contributed by atoms with E-state index in [1.165, 1.54) is 0 Å². The summed E-state index contributed by atoms with van der Waals surface area (Å²) in [7, 11) is 0. The third kappa shape index (κ3) is 1.85. The number of aliphatic hydroxyl groups excluding tert-OH is 2. The van der Waals surface area contributed by atoms with Crippen LogP contribution in [-0.4, -0.2) is 34.0 Å². The molecule has 23 heavy (non-hydrogen) atoms. The molecular weight excluding hydrogens is 292 g/mol. The molecule has 0 saturated heterocycles. The molecule has 0 unspecified atom stereocenters. The standard InChI is InChI=1S/C19H26O4/c1-18-7-5-10(20)9-13(18)16(22)17(23)15-11-3-4-14(21)19(11,2)8-6-12(15)18/h9,11-12,15-17,22-23H,3-8H2,1-2H3/t11-,12-,15-,16-,17+,18+,19-/m0/s1. The van der Waals surface area contributed by atoms with Gasteiger partial charge in [0.1, 0.15) is 11.9 Å². The molecule has 0 heterocycles. The Balaban J connectivity index is 1.79. The smallest absolute Gasteiger partial charge is 0.155 e. The fraction of sp³-hybridized carbons (Fsp3) is 0.789. The molecule has 126 valence electrons. The number of carbonyl (C=O) groups is 2. The van der Waals surface area contributed by atoms with Crippen molar-refractivity contribution in [3.63, 3.8) is 0 Å². The van der Waals surface area contributed by atoms with E-state index in [1.807, 2.05) is 0 Å². The van der Waals surface area contributed by atoms with Crippen molar-refractivity contribution in [3.8, 4) is 0 Å². The average Bonchev–Trinajstić information content (AvgIpc) is 2.82. The van der Waals surface area contributed by atoms with Gasteiger partial charge in [0.15, 0.2) is 5.78 Å². The molecule has 3 fully saturated rings. The Bertz CT molecular complexity index is 608. The lowest BCUT2D eigenvalue weighted by atomic mass is 9.46. The zero-order valence-electron chi connectivity index (χ0n) is 13.9. The molecule has 0 aromatic heterocycles. The minimum Gasteiger partial charge on any atom is -0.390 e. The second kappa shape index (κ2) is 4.76. The van der Waals surface area contributed by atoms with Gasteiger partial charge in [-0.1, -0.05) is 13.8 Å². The fourth-order valence-electron chi connectivity index (χ4n) is 6.34. The number of hydrogen-bond donors (Lipinski definition) is 2. The highest BCUT2D eigenvalue weighted by atomic mass is 16.3. The van der Waals surface area contributed by atoms with E-state index in [0.717, 1.165) is 31.3 Å². The minimum atomic E-state index is -0.969. The zero-order valence-corrected chi connectivity index (χ0v) is 13.9. The van der Waals surface area contributed by atoms with Crippen LogP contribution in [0.2, 0.25) is 0 Å². The van der Waals surface area contributed by atoms with Crippen LogP contribution in [0.25, 0.3) is 0 Å². The number of hydrogen-bond acceptors (Lipinski definition) is 4. The van der Waals surface area contributed by atoms with Gasteiger partial charge < -0.3 is 10.2 Å². The molecule has 3 saturated carbocycles. The topological polar surface area (TPSA) is 74.6 Å². The summed E-state index contributed by atoms with van der Waals surface area (Å²) >= 11 is 0. The highest BCUT2D eigenvalue weighted by Gasteiger charge is 2.63. The first kappa shape index (κ1) is 15.5.